The van der Waals surface area contributed by atoms with Gasteiger partial charge in [-0.15, -0.1) is 0 Å². The molecule has 0 aliphatic heterocycles. The first-order chi connectivity index (χ1) is 8.19. The zero-order chi connectivity index (χ0) is 12.4. The van der Waals surface area contributed by atoms with Crippen molar-refractivity contribution in [1.82, 2.24) is 4.98 Å². The van der Waals surface area contributed by atoms with Crippen LogP contribution in [0, 0.1) is 0 Å². The Morgan fingerprint density at radius 3 is 2.59 bits per heavy atom. The third kappa shape index (κ3) is 2.14. The Morgan fingerprint density at radius 1 is 1.24 bits per heavy atom. The molecule has 2 rings (SSSR count). The standard InChI is InChI=1S/C12H12ClNO3/c1-16-9-4-7-3-8(6-15)12(13)14-11(7)10(5-9)17-2/h3-5,15H,6H2,1-2H3. The van der Waals surface area contributed by atoms with Gasteiger partial charge < -0.3 is 14.6 Å². The van der Waals surface area contributed by atoms with Crippen molar-refractivity contribution in [3.8, 4) is 11.5 Å². The number of ether oxygens (including phenoxy) is 2. The second-order valence-electron chi connectivity index (χ2n) is 3.50. The number of hydrogen-bond donors (Lipinski definition) is 1. The highest BCUT2D eigenvalue weighted by Crippen LogP contribution is 2.32. The molecule has 0 spiro atoms. The minimum Gasteiger partial charge on any atom is -0.497 e. The molecule has 0 atom stereocenters. The second-order valence-corrected chi connectivity index (χ2v) is 3.86. The number of pyridine rings is 1. The molecule has 0 fully saturated rings. The molecule has 2 aromatic rings. The van der Waals surface area contributed by atoms with E-state index in [1.165, 1.54) is 0 Å². The van der Waals surface area contributed by atoms with Crippen LogP contribution in [0.4, 0.5) is 0 Å². The van der Waals surface area contributed by atoms with Crippen LogP contribution in [0.15, 0.2) is 18.2 Å². The summed E-state index contributed by atoms with van der Waals surface area (Å²) >= 11 is 5.95. The van der Waals surface area contributed by atoms with Crippen molar-refractivity contribution in [2.24, 2.45) is 0 Å². The van der Waals surface area contributed by atoms with E-state index in [0.717, 1.165) is 5.39 Å². The van der Waals surface area contributed by atoms with Gasteiger partial charge in [0.1, 0.15) is 22.2 Å². The summed E-state index contributed by atoms with van der Waals surface area (Å²) in [5, 5.41) is 10.2. The van der Waals surface area contributed by atoms with Crippen LogP contribution in [0.25, 0.3) is 10.9 Å². The minimum absolute atomic E-state index is 0.151. The van der Waals surface area contributed by atoms with Crippen molar-refractivity contribution in [2.75, 3.05) is 14.2 Å². The third-order valence-electron chi connectivity index (χ3n) is 2.51. The molecule has 0 bridgehead atoms. The monoisotopic (exact) mass is 253 g/mol. The fourth-order valence-electron chi connectivity index (χ4n) is 1.63. The molecule has 0 aliphatic rings. The van der Waals surface area contributed by atoms with Crippen LogP contribution in [0.5, 0.6) is 11.5 Å². The van der Waals surface area contributed by atoms with E-state index < -0.39 is 0 Å². The number of benzene rings is 1. The molecule has 0 aliphatic carbocycles. The first-order valence-electron chi connectivity index (χ1n) is 5.01. The van der Waals surface area contributed by atoms with E-state index in [4.69, 9.17) is 26.2 Å². The molecule has 0 saturated heterocycles. The summed E-state index contributed by atoms with van der Waals surface area (Å²) in [5.74, 6) is 1.26. The second kappa shape index (κ2) is 4.77. The number of aliphatic hydroxyl groups is 1. The molecular weight excluding hydrogens is 242 g/mol. The summed E-state index contributed by atoms with van der Waals surface area (Å²) in [6, 6.07) is 5.33. The average molecular weight is 254 g/mol. The zero-order valence-electron chi connectivity index (χ0n) is 9.53. The predicted molar refractivity (Wildman–Crippen MR) is 65.8 cm³/mol. The first-order valence-corrected chi connectivity index (χ1v) is 5.39. The van der Waals surface area contributed by atoms with Gasteiger partial charge in [0.15, 0.2) is 0 Å². The van der Waals surface area contributed by atoms with Crippen molar-refractivity contribution in [3.05, 3.63) is 28.9 Å². The van der Waals surface area contributed by atoms with E-state index in [1.807, 2.05) is 6.07 Å². The summed E-state index contributed by atoms with van der Waals surface area (Å²) in [7, 11) is 3.14. The fraction of sp³-hybridized carbons (Fsp3) is 0.250. The highest BCUT2D eigenvalue weighted by atomic mass is 35.5. The van der Waals surface area contributed by atoms with Crippen LogP contribution in [0.2, 0.25) is 5.15 Å². The van der Waals surface area contributed by atoms with Gasteiger partial charge in [0, 0.05) is 17.0 Å². The molecule has 17 heavy (non-hydrogen) atoms. The Kier molecular flexibility index (Phi) is 3.36. The van der Waals surface area contributed by atoms with Gasteiger partial charge in [-0.05, 0) is 12.1 Å². The van der Waals surface area contributed by atoms with E-state index in [1.54, 1.807) is 26.4 Å². The topological polar surface area (TPSA) is 51.6 Å². The first kappa shape index (κ1) is 12.0. The molecule has 0 saturated carbocycles. The van der Waals surface area contributed by atoms with Crippen molar-refractivity contribution in [1.29, 1.82) is 0 Å². The van der Waals surface area contributed by atoms with E-state index in [9.17, 15) is 0 Å². The van der Waals surface area contributed by atoms with Gasteiger partial charge in [-0.3, -0.25) is 0 Å². The van der Waals surface area contributed by atoms with Gasteiger partial charge in [-0.2, -0.15) is 0 Å². The molecule has 1 aromatic heterocycles. The van der Waals surface area contributed by atoms with Crippen LogP contribution in [0.1, 0.15) is 5.56 Å². The molecule has 1 N–H and O–H groups in total. The molecule has 0 amide bonds. The van der Waals surface area contributed by atoms with E-state index in [-0.39, 0.29) is 11.8 Å². The van der Waals surface area contributed by atoms with Crippen LogP contribution >= 0.6 is 11.6 Å². The summed E-state index contributed by atoms with van der Waals surface area (Å²) in [6.45, 7) is -0.151. The summed E-state index contributed by atoms with van der Waals surface area (Å²) in [5.41, 5.74) is 1.23. The third-order valence-corrected chi connectivity index (χ3v) is 2.84. The lowest BCUT2D eigenvalue weighted by Crippen LogP contribution is -1.94. The summed E-state index contributed by atoms with van der Waals surface area (Å²) < 4.78 is 10.4. The van der Waals surface area contributed by atoms with Gasteiger partial charge in [0.05, 0.1) is 20.8 Å². The molecule has 5 heteroatoms. The number of aromatic nitrogens is 1. The van der Waals surface area contributed by atoms with Crippen molar-refractivity contribution in [2.45, 2.75) is 6.61 Å². The predicted octanol–water partition coefficient (Wildman–Crippen LogP) is 2.40. The molecule has 0 radical (unpaired) electrons. The number of rotatable bonds is 3. The van der Waals surface area contributed by atoms with Crippen molar-refractivity contribution >= 4 is 22.5 Å². The molecule has 4 nitrogen and oxygen atoms in total. The fourth-order valence-corrected chi connectivity index (χ4v) is 1.83. The van der Waals surface area contributed by atoms with Gasteiger partial charge in [0.25, 0.3) is 0 Å². The maximum atomic E-state index is 9.14. The molecule has 90 valence electrons. The Hall–Kier alpha value is -1.52. The van der Waals surface area contributed by atoms with Crippen LogP contribution in [-0.2, 0) is 6.61 Å². The van der Waals surface area contributed by atoms with E-state index in [0.29, 0.717) is 22.6 Å². The average Bonchev–Trinajstić information content (AvgIpc) is 2.36. The van der Waals surface area contributed by atoms with Crippen LogP contribution in [0.3, 0.4) is 0 Å². The number of fused-ring (bicyclic) bond motifs is 1. The SMILES string of the molecule is COc1cc(OC)c2nc(Cl)c(CO)cc2c1. The van der Waals surface area contributed by atoms with Gasteiger partial charge in [-0.25, -0.2) is 4.98 Å². The van der Waals surface area contributed by atoms with Gasteiger partial charge in [0.2, 0.25) is 0 Å². The molecule has 1 aromatic carbocycles. The highest BCUT2D eigenvalue weighted by molar-refractivity contribution is 6.30. The Morgan fingerprint density at radius 2 is 2.00 bits per heavy atom. The Labute approximate surface area is 104 Å². The lowest BCUT2D eigenvalue weighted by atomic mass is 10.1. The van der Waals surface area contributed by atoms with E-state index >= 15 is 0 Å². The number of halogens is 1. The van der Waals surface area contributed by atoms with Crippen molar-refractivity contribution in [3.63, 3.8) is 0 Å². The maximum Gasteiger partial charge on any atom is 0.148 e. The van der Waals surface area contributed by atoms with Crippen LogP contribution in [-0.4, -0.2) is 24.3 Å². The summed E-state index contributed by atoms with van der Waals surface area (Å²) in [6.07, 6.45) is 0. The number of nitrogens with zero attached hydrogens (tertiary/aromatic N) is 1. The van der Waals surface area contributed by atoms with Gasteiger partial charge >= 0.3 is 0 Å². The van der Waals surface area contributed by atoms with Crippen molar-refractivity contribution < 1.29 is 14.6 Å². The molecule has 0 unspecified atom stereocenters. The van der Waals surface area contributed by atoms with Crippen LogP contribution < -0.4 is 9.47 Å². The number of hydrogen-bond acceptors (Lipinski definition) is 4. The normalized spacial score (nSPS) is 10.6. The largest absolute Gasteiger partial charge is 0.497 e. The minimum atomic E-state index is -0.151. The summed E-state index contributed by atoms with van der Waals surface area (Å²) in [4.78, 5) is 4.22. The number of aliphatic hydroxyl groups excluding tert-OH is 1. The Balaban J connectivity index is 2.75. The van der Waals surface area contributed by atoms with Gasteiger partial charge in [-0.1, -0.05) is 11.6 Å². The maximum absolute atomic E-state index is 9.14. The quantitative estimate of drug-likeness (QED) is 0.854. The van der Waals surface area contributed by atoms with E-state index in [2.05, 4.69) is 4.98 Å². The molecular formula is C12H12ClNO3. The lowest BCUT2D eigenvalue weighted by molar-refractivity contribution is 0.281. The zero-order valence-corrected chi connectivity index (χ0v) is 10.3. The lowest BCUT2D eigenvalue weighted by Gasteiger charge is -2.09. The Bertz CT molecular complexity index is 557. The molecule has 1 heterocycles. The highest BCUT2D eigenvalue weighted by Gasteiger charge is 2.10. The smallest absolute Gasteiger partial charge is 0.148 e. The number of methoxy groups -OCH3 is 2.